The van der Waals surface area contributed by atoms with E-state index in [1.807, 2.05) is 6.92 Å². The highest BCUT2D eigenvalue weighted by atomic mass is 19.1. The Bertz CT molecular complexity index is 437. The molecule has 1 unspecified atom stereocenters. The molecule has 0 radical (unpaired) electrons. The molecule has 1 aromatic carbocycles. The zero-order valence-electron chi connectivity index (χ0n) is 11.3. The molecule has 5 heteroatoms. The van der Waals surface area contributed by atoms with Crippen molar-refractivity contribution < 1.29 is 13.6 Å². The molecule has 0 aliphatic rings. The van der Waals surface area contributed by atoms with Crippen molar-refractivity contribution in [3.05, 3.63) is 35.4 Å². The molecule has 0 fully saturated rings. The van der Waals surface area contributed by atoms with Crippen LogP contribution in [0.15, 0.2) is 18.2 Å². The van der Waals surface area contributed by atoms with Gasteiger partial charge in [0.15, 0.2) is 0 Å². The summed E-state index contributed by atoms with van der Waals surface area (Å²) in [7, 11) is 1.57. The van der Waals surface area contributed by atoms with Crippen LogP contribution >= 0.6 is 0 Å². The fourth-order valence-corrected chi connectivity index (χ4v) is 1.81. The zero-order valence-corrected chi connectivity index (χ0v) is 11.3. The van der Waals surface area contributed by atoms with Crippen LogP contribution < -0.4 is 5.73 Å². The molecular formula is C14H20F2N2O. The van der Waals surface area contributed by atoms with E-state index in [4.69, 9.17) is 5.73 Å². The third kappa shape index (κ3) is 4.59. The molecular weight excluding hydrogens is 250 g/mol. The van der Waals surface area contributed by atoms with E-state index in [-0.39, 0.29) is 18.0 Å². The summed E-state index contributed by atoms with van der Waals surface area (Å²) in [6.07, 6.45) is 2.47. The van der Waals surface area contributed by atoms with Crippen molar-refractivity contribution in [3.63, 3.8) is 0 Å². The monoisotopic (exact) mass is 270 g/mol. The second-order valence-electron chi connectivity index (χ2n) is 4.68. The number of hydrogen-bond acceptors (Lipinski definition) is 2. The maximum Gasteiger partial charge on any atom is 0.239 e. The third-order valence-electron chi connectivity index (χ3n) is 2.98. The highest BCUT2D eigenvalue weighted by molar-refractivity contribution is 5.81. The number of hydrogen-bond donors (Lipinski definition) is 1. The van der Waals surface area contributed by atoms with Crippen molar-refractivity contribution in [1.29, 1.82) is 0 Å². The van der Waals surface area contributed by atoms with Crippen LogP contribution in [0.2, 0.25) is 0 Å². The predicted molar refractivity (Wildman–Crippen MR) is 70.3 cm³/mol. The smallest absolute Gasteiger partial charge is 0.239 e. The van der Waals surface area contributed by atoms with Gasteiger partial charge in [-0.15, -0.1) is 0 Å². The van der Waals surface area contributed by atoms with Crippen LogP contribution in [0.1, 0.15) is 31.7 Å². The molecule has 2 N–H and O–H groups in total. The Morgan fingerprint density at radius 3 is 2.68 bits per heavy atom. The van der Waals surface area contributed by atoms with Gasteiger partial charge in [0, 0.05) is 25.2 Å². The molecule has 1 atom stereocenters. The van der Waals surface area contributed by atoms with Crippen molar-refractivity contribution in [2.24, 2.45) is 5.73 Å². The highest BCUT2D eigenvalue weighted by Crippen LogP contribution is 2.12. The molecule has 1 amide bonds. The summed E-state index contributed by atoms with van der Waals surface area (Å²) < 4.78 is 26.2. The van der Waals surface area contributed by atoms with E-state index in [2.05, 4.69) is 0 Å². The molecule has 0 saturated carbocycles. The lowest BCUT2D eigenvalue weighted by Gasteiger charge is -2.21. The van der Waals surface area contributed by atoms with Gasteiger partial charge in [-0.2, -0.15) is 0 Å². The summed E-state index contributed by atoms with van der Waals surface area (Å²) in [5.41, 5.74) is 6.05. The second kappa shape index (κ2) is 7.19. The van der Waals surface area contributed by atoms with E-state index >= 15 is 0 Å². The van der Waals surface area contributed by atoms with Crippen LogP contribution in [0.4, 0.5) is 8.78 Å². The molecule has 3 nitrogen and oxygen atoms in total. The van der Waals surface area contributed by atoms with Gasteiger partial charge in [0.2, 0.25) is 5.91 Å². The summed E-state index contributed by atoms with van der Waals surface area (Å²) in [6, 6.07) is 2.76. The minimum atomic E-state index is -0.651. The van der Waals surface area contributed by atoms with Gasteiger partial charge in [0.05, 0.1) is 6.04 Å². The minimum absolute atomic E-state index is 0.0881. The van der Waals surface area contributed by atoms with Crippen LogP contribution in [0, 0.1) is 11.6 Å². The molecule has 0 saturated heterocycles. The van der Waals surface area contributed by atoms with E-state index in [0.29, 0.717) is 6.42 Å². The maximum atomic E-state index is 13.5. The van der Waals surface area contributed by atoms with Crippen LogP contribution in [-0.4, -0.2) is 23.9 Å². The van der Waals surface area contributed by atoms with E-state index in [9.17, 15) is 13.6 Å². The number of nitrogens with two attached hydrogens (primary N) is 1. The normalized spacial score (nSPS) is 12.3. The Hall–Kier alpha value is -1.49. The zero-order chi connectivity index (χ0) is 14.4. The molecule has 1 aromatic rings. The topological polar surface area (TPSA) is 46.3 Å². The number of halogens is 2. The number of rotatable bonds is 6. The lowest BCUT2D eigenvalue weighted by molar-refractivity contribution is -0.132. The Balaban J connectivity index is 2.63. The maximum absolute atomic E-state index is 13.5. The first kappa shape index (κ1) is 15.6. The average molecular weight is 270 g/mol. The van der Waals surface area contributed by atoms with E-state index in [1.54, 1.807) is 7.05 Å². The van der Waals surface area contributed by atoms with Gasteiger partial charge >= 0.3 is 0 Å². The van der Waals surface area contributed by atoms with Crippen LogP contribution in [-0.2, 0) is 11.3 Å². The first-order valence-electron chi connectivity index (χ1n) is 6.40. The number of likely N-dealkylation sites (N-methyl/N-ethyl adjacent to an activating group) is 1. The fourth-order valence-electron chi connectivity index (χ4n) is 1.81. The Kier molecular flexibility index (Phi) is 5.89. The lowest BCUT2D eigenvalue weighted by Crippen LogP contribution is -2.41. The number of carbonyl (C=O) groups is 1. The van der Waals surface area contributed by atoms with E-state index in [1.165, 1.54) is 17.0 Å². The lowest BCUT2D eigenvalue weighted by atomic mass is 10.1. The van der Waals surface area contributed by atoms with Crippen molar-refractivity contribution in [1.82, 2.24) is 4.90 Å². The number of amides is 1. The molecule has 0 aromatic heterocycles. The first-order chi connectivity index (χ1) is 8.95. The van der Waals surface area contributed by atoms with E-state index < -0.39 is 17.7 Å². The largest absolute Gasteiger partial charge is 0.340 e. The Labute approximate surface area is 112 Å². The summed E-state index contributed by atoms with van der Waals surface area (Å²) >= 11 is 0. The SMILES string of the molecule is CCCCC(N)C(=O)N(C)Cc1ccc(F)cc1F. The van der Waals surface area contributed by atoms with Crippen LogP contribution in [0.3, 0.4) is 0 Å². The number of nitrogens with zero attached hydrogens (tertiary/aromatic N) is 1. The van der Waals surface area contributed by atoms with Crippen molar-refractivity contribution in [2.45, 2.75) is 38.8 Å². The number of benzene rings is 1. The quantitative estimate of drug-likeness (QED) is 0.863. The van der Waals surface area contributed by atoms with E-state index in [0.717, 1.165) is 18.9 Å². The fraction of sp³-hybridized carbons (Fsp3) is 0.500. The van der Waals surface area contributed by atoms with Crippen LogP contribution in [0.25, 0.3) is 0 Å². The van der Waals surface area contributed by atoms with Gasteiger partial charge in [-0.1, -0.05) is 25.8 Å². The molecule has 106 valence electrons. The van der Waals surface area contributed by atoms with Crippen molar-refractivity contribution in [3.8, 4) is 0 Å². The standard InChI is InChI=1S/C14H20F2N2O/c1-3-4-5-13(17)14(19)18(2)9-10-6-7-11(15)8-12(10)16/h6-8,13H,3-5,9,17H2,1-2H3. The molecule has 0 aliphatic heterocycles. The minimum Gasteiger partial charge on any atom is -0.340 e. The molecule has 0 heterocycles. The molecule has 0 bridgehead atoms. The van der Waals surface area contributed by atoms with Gasteiger partial charge in [0.1, 0.15) is 11.6 Å². The Morgan fingerprint density at radius 2 is 2.11 bits per heavy atom. The average Bonchev–Trinajstić information content (AvgIpc) is 2.38. The highest BCUT2D eigenvalue weighted by Gasteiger charge is 2.18. The van der Waals surface area contributed by atoms with Crippen LogP contribution in [0.5, 0.6) is 0 Å². The van der Waals surface area contributed by atoms with Gasteiger partial charge in [-0.05, 0) is 12.5 Å². The van der Waals surface area contributed by atoms with Gasteiger partial charge in [-0.25, -0.2) is 8.78 Å². The third-order valence-corrected chi connectivity index (χ3v) is 2.98. The number of unbranched alkanes of at least 4 members (excludes halogenated alkanes) is 1. The first-order valence-corrected chi connectivity index (χ1v) is 6.40. The second-order valence-corrected chi connectivity index (χ2v) is 4.68. The summed E-state index contributed by atoms with van der Waals surface area (Å²) in [5.74, 6) is -1.51. The Morgan fingerprint density at radius 1 is 1.42 bits per heavy atom. The van der Waals surface area contributed by atoms with Crippen molar-refractivity contribution >= 4 is 5.91 Å². The number of carbonyl (C=O) groups excluding carboxylic acids is 1. The van der Waals surface area contributed by atoms with Gasteiger partial charge in [-0.3, -0.25) is 4.79 Å². The molecule has 0 spiro atoms. The summed E-state index contributed by atoms with van der Waals surface area (Å²) in [5, 5.41) is 0. The van der Waals surface area contributed by atoms with Gasteiger partial charge < -0.3 is 10.6 Å². The molecule has 0 aliphatic carbocycles. The molecule has 19 heavy (non-hydrogen) atoms. The predicted octanol–water partition coefficient (Wildman–Crippen LogP) is 2.44. The summed E-state index contributed by atoms with van der Waals surface area (Å²) in [4.78, 5) is 13.3. The van der Waals surface area contributed by atoms with Crippen molar-refractivity contribution in [2.75, 3.05) is 7.05 Å². The van der Waals surface area contributed by atoms with Gasteiger partial charge in [0.25, 0.3) is 0 Å². The molecule has 1 rings (SSSR count). The summed E-state index contributed by atoms with van der Waals surface area (Å²) in [6.45, 7) is 2.11.